The number of hydrogen-bond donors (Lipinski definition) is 5. The number of likely N-dealkylation sites (tertiary alicyclic amines) is 2. The summed E-state index contributed by atoms with van der Waals surface area (Å²) in [4.78, 5) is 76.0. The number of imidazole rings is 2. The SMILES string of the molecule is COC(=O)N[C@H](C(=O)N1CCC[C@H]1c1nc2ccc([C@H]3CC[C@H](c4ccc5nc([C@@H]6CCCN6C(=O)[C@H](C(C)C)N(C)C(=O)O)[nH]c5c4)N3c3ccc(NC(C)(C)C)c(F)c3)cc2[nH]1)C(C)C. The molecular formula is C50H65FN10O6. The van der Waals surface area contributed by atoms with Crippen molar-refractivity contribution in [2.24, 2.45) is 11.8 Å². The zero-order chi connectivity index (χ0) is 48.1. The van der Waals surface area contributed by atoms with E-state index in [1.165, 1.54) is 14.2 Å². The number of aromatic nitrogens is 4. The van der Waals surface area contributed by atoms with Gasteiger partial charge in [0, 0.05) is 31.4 Å². The van der Waals surface area contributed by atoms with E-state index in [1.807, 2.05) is 72.7 Å². The summed E-state index contributed by atoms with van der Waals surface area (Å²) < 4.78 is 20.9. The predicted octanol–water partition coefficient (Wildman–Crippen LogP) is 9.21. The standard InChI is InChI=1S/C50H65FN10O6/c1-27(2)42(56-48(64)67-9)46(62)59-22-10-12-40(59)44-52-34-17-14-29(24-36(34)54-44)38-20-21-39(61(38)31-16-19-33(32(51)26-31)57-50(5,6)7)30-15-18-35-37(25-30)55-45(53-35)41-13-11-23-60(41)47(63)43(28(3)4)58(8)49(65)66/h14-19,24-28,38-43,57H,10-13,20-23H2,1-9H3,(H,52,54)(H,53,55)(H,56,64)(H,65,66)/t38-,39-,40+,41+,42+,43+/m1/s1. The van der Waals surface area contributed by atoms with E-state index in [1.54, 1.807) is 15.9 Å². The Balaban J connectivity index is 1.11. The summed E-state index contributed by atoms with van der Waals surface area (Å²) >= 11 is 0. The van der Waals surface area contributed by atoms with Crippen molar-refractivity contribution in [3.8, 4) is 0 Å². The van der Waals surface area contributed by atoms with Crippen LogP contribution in [0.4, 0.5) is 25.4 Å². The van der Waals surface area contributed by atoms with Gasteiger partial charge < -0.3 is 45.1 Å². The van der Waals surface area contributed by atoms with Gasteiger partial charge in [-0.1, -0.05) is 39.8 Å². The summed E-state index contributed by atoms with van der Waals surface area (Å²) in [6.45, 7) is 14.6. The summed E-state index contributed by atoms with van der Waals surface area (Å²) in [5, 5.41) is 15.8. The van der Waals surface area contributed by atoms with E-state index in [2.05, 4.69) is 49.8 Å². The van der Waals surface area contributed by atoms with E-state index in [4.69, 9.17) is 14.7 Å². The van der Waals surface area contributed by atoms with Gasteiger partial charge >= 0.3 is 12.2 Å². The first-order valence-corrected chi connectivity index (χ1v) is 23.6. The zero-order valence-electron chi connectivity index (χ0n) is 40.0. The molecule has 3 saturated heterocycles. The Kier molecular flexibility index (Phi) is 13.2. The van der Waals surface area contributed by atoms with Gasteiger partial charge in [0.1, 0.15) is 29.5 Å². The number of nitrogens with one attached hydrogen (secondary N) is 4. The van der Waals surface area contributed by atoms with Crippen molar-refractivity contribution in [2.75, 3.05) is 37.5 Å². The summed E-state index contributed by atoms with van der Waals surface area (Å²) in [6, 6.07) is 15.4. The van der Waals surface area contributed by atoms with Crippen LogP contribution < -0.4 is 15.5 Å². The zero-order valence-corrected chi connectivity index (χ0v) is 40.0. The third kappa shape index (κ3) is 9.46. The number of rotatable bonds is 12. The number of H-pyrrole nitrogens is 2. The number of aromatic amines is 2. The average Bonchev–Trinajstić information content (AvgIpc) is 4.13. The lowest BCUT2D eigenvalue weighted by Crippen LogP contribution is -2.51. The van der Waals surface area contributed by atoms with E-state index in [-0.39, 0.29) is 59.2 Å². The monoisotopic (exact) mass is 921 g/mol. The Labute approximate surface area is 391 Å². The molecule has 4 amide bonds. The minimum absolute atomic E-state index is 0.133. The molecule has 0 unspecified atom stereocenters. The molecule has 0 bridgehead atoms. The Morgan fingerprint density at radius 2 is 1.31 bits per heavy atom. The molecule has 17 heteroatoms. The number of alkyl carbamates (subject to hydrolysis) is 1. The molecule has 0 radical (unpaired) electrons. The van der Waals surface area contributed by atoms with Gasteiger partial charge in [0.25, 0.3) is 0 Å². The predicted molar refractivity (Wildman–Crippen MR) is 255 cm³/mol. The number of nitrogens with zero attached hydrogens (tertiary/aromatic N) is 6. The molecule has 67 heavy (non-hydrogen) atoms. The fourth-order valence-electron chi connectivity index (χ4n) is 10.5. The van der Waals surface area contributed by atoms with Crippen LogP contribution in [0.25, 0.3) is 22.1 Å². The van der Waals surface area contributed by atoms with Crippen molar-refractivity contribution in [3.63, 3.8) is 0 Å². The first-order valence-electron chi connectivity index (χ1n) is 23.6. The van der Waals surface area contributed by atoms with Gasteiger partial charge in [-0.3, -0.25) is 14.5 Å². The number of benzene rings is 3. The van der Waals surface area contributed by atoms with Crippen LogP contribution in [0.3, 0.4) is 0 Å². The second-order valence-corrected chi connectivity index (χ2v) is 20.2. The van der Waals surface area contributed by atoms with Gasteiger partial charge in [0.05, 0.1) is 59.0 Å². The Morgan fingerprint density at radius 3 is 1.78 bits per heavy atom. The first kappa shape index (κ1) is 47.1. The first-order chi connectivity index (χ1) is 31.8. The van der Waals surface area contributed by atoms with E-state index in [0.29, 0.717) is 36.8 Å². The third-order valence-corrected chi connectivity index (χ3v) is 13.7. The number of methoxy groups -OCH3 is 1. The molecule has 16 nitrogen and oxygen atoms in total. The summed E-state index contributed by atoms with van der Waals surface area (Å²) in [6.07, 6.45) is 2.78. The Morgan fingerprint density at radius 1 is 0.776 bits per heavy atom. The topological polar surface area (TPSA) is 192 Å². The van der Waals surface area contributed by atoms with Crippen LogP contribution in [0.15, 0.2) is 54.6 Å². The number of carbonyl (C=O) groups excluding carboxylic acids is 3. The number of fused-ring (bicyclic) bond motifs is 2. The summed E-state index contributed by atoms with van der Waals surface area (Å²) in [5.41, 5.74) is 6.07. The second kappa shape index (κ2) is 18.7. The molecule has 5 aromatic rings. The number of halogens is 1. The number of anilines is 2. The lowest BCUT2D eigenvalue weighted by atomic mass is 10.0. The highest BCUT2D eigenvalue weighted by molar-refractivity contribution is 5.87. The highest BCUT2D eigenvalue weighted by Gasteiger charge is 2.41. The maximum absolute atomic E-state index is 16.1. The molecule has 5 N–H and O–H groups in total. The fourth-order valence-corrected chi connectivity index (χ4v) is 10.5. The van der Waals surface area contributed by atoms with E-state index in [0.717, 1.165) is 75.9 Å². The van der Waals surface area contributed by atoms with Gasteiger partial charge in [-0.25, -0.2) is 23.9 Å². The molecule has 3 aliphatic heterocycles. The molecule has 0 saturated carbocycles. The van der Waals surface area contributed by atoms with Gasteiger partial charge in [-0.05, 0) is 125 Å². The molecule has 3 aliphatic rings. The highest BCUT2D eigenvalue weighted by Crippen LogP contribution is 2.48. The maximum Gasteiger partial charge on any atom is 0.407 e. The van der Waals surface area contributed by atoms with E-state index >= 15 is 4.39 Å². The normalized spacial score (nSPS) is 20.9. The van der Waals surface area contributed by atoms with E-state index in [9.17, 15) is 24.3 Å². The van der Waals surface area contributed by atoms with Gasteiger partial charge in [-0.2, -0.15) is 0 Å². The average molecular weight is 921 g/mol. The quantitative estimate of drug-likeness (QED) is 0.0806. The highest BCUT2D eigenvalue weighted by atomic mass is 19.1. The van der Waals surface area contributed by atoms with Gasteiger partial charge in [0.15, 0.2) is 0 Å². The Hall–Kier alpha value is -6.39. The molecule has 8 rings (SSSR count). The van der Waals surface area contributed by atoms with Crippen LogP contribution in [-0.2, 0) is 14.3 Å². The molecule has 3 aromatic carbocycles. The number of amides is 4. The molecule has 2 aromatic heterocycles. The lowest BCUT2D eigenvalue weighted by Gasteiger charge is -2.34. The van der Waals surface area contributed by atoms with Crippen LogP contribution in [0.1, 0.15) is 134 Å². The number of carbonyl (C=O) groups is 4. The molecule has 0 aliphatic carbocycles. The van der Waals surface area contributed by atoms with E-state index < -0.39 is 24.3 Å². The second-order valence-electron chi connectivity index (χ2n) is 20.2. The minimum atomic E-state index is -1.15. The number of carboxylic acid groups (broad SMARTS) is 1. The van der Waals surface area contributed by atoms with Gasteiger partial charge in [-0.15, -0.1) is 0 Å². The maximum atomic E-state index is 16.1. The Bertz CT molecular complexity index is 2660. The minimum Gasteiger partial charge on any atom is -0.465 e. The van der Waals surface area contributed by atoms with Crippen molar-refractivity contribution in [1.82, 2.24) is 40.0 Å². The molecule has 358 valence electrons. The van der Waals surface area contributed by atoms with Crippen molar-refractivity contribution >= 4 is 57.4 Å². The number of hydrogen-bond acceptors (Lipinski definition) is 9. The summed E-state index contributed by atoms with van der Waals surface area (Å²) in [5.74, 6) is 0.242. The fraction of sp³-hybridized carbons (Fsp3) is 0.520. The molecule has 0 spiro atoms. The number of likely N-dealkylation sites (N-methyl/N-ethyl adjacent to an activating group) is 1. The van der Waals surface area contributed by atoms with Crippen LogP contribution in [-0.4, -0.2) is 109 Å². The largest absolute Gasteiger partial charge is 0.465 e. The lowest BCUT2D eigenvalue weighted by molar-refractivity contribution is -0.138. The van der Waals surface area contributed by atoms with Crippen LogP contribution >= 0.6 is 0 Å². The van der Waals surface area contributed by atoms with Crippen molar-refractivity contribution in [3.05, 3.63) is 83.2 Å². The molecule has 5 heterocycles. The molecular weight excluding hydrogens is 856 g/mol. The van der Waals surface area contributed by atoms with Crippen molar-refractivity contribution in [2.45, 2.75) is 129 Å². The van der Waals surface area contributed by atoms with Crippen LogP contribution in [0.2, 0.25) is 0 Å². The van der Waals surface area contributed by atoms with Crippen LogP contribution in [0.5, 0.6) is 0 Å². The van der Waals surface area contributed by atoms with Crippen molar-refractivity contribution in [1.29, 1.82) is 0 Å². The third-order valence-electron chi connectivity index (χ3n) is 13.7. The van der Waals surface area contributed by atoms with Crippen LogP contribution in [0, 0.1) is 17.7 Å². The molecule has 3 fully saturated rings. The smallest absolute Gasteiger partial charge is 0.407 e. The number of ether oxygens (including phenoxy) is 1. The summed E-state index contributed by atoms with van der Waals surface area (Å²) in [7, 11) is 2.73. The van der Waals surface area contributed by atoms with Crippen molar-refractivity contribution < 1.29 is 33.4 Å². The molecule has 6 atom stereocenters. The van der Waals surface area contributed by atoms with Gasteiger partial charge in [0.2, 0.25) is 11.8 Å².